The minimum Gasteiger partial charge on any atom is -0.376 e. The van der Waals surface area contributed by atoms with Gasteiger partial charge in [0.1, 0.15) is 0 Å². The number of piperidine rings is 1. The van der Waals surface area contributed by atoms with E-state index in [4.69, 9.17) is 4.74 Å². The van der Waals surface area contributed by atoms with Crippen molar-refractivity contribution in [2.45, 2.75) is 38.2 Å². The van der Waals surface area contributed by atoms with Crippen molar-refractivity contribution >= 4 is 5.91 Å². The van der Waals surface area contributed by atoms with Crippen molar-refractivity contribution in [3.8, 4) is 0 Å². The minimum atomic E-state index is 0.222. The smallest absolute Gasteiger partial charge is 0.223 e. The van der Waals surface area contributed by atoms with Crippen LogP contribution in [-0.2, 0) is 9.53 Å². The Labute approximate surface area is 97.1 Å². The highest BCUT2D eigenvalue weighted by Crippen LogP contribution is 2.25. The summed E-state index contributed by atoms with van der Waals surface area (Å²) >= 11 is 0. The molecular formula is C12H22N2O2. The molecule has 0 unspecified atom stereocenters. The lowest BCUT2D eigenvalue weighted by atomic mass is 9.85. The van der Waals surface area contributed by atoms with E-state index in [1.54, 1.807) is 0 Å². The summed E-state index contributed by atoms with van der Waals surface area (Å²) in [4.78, 5) is 11.5. The average molecular weight is 226 g/mol. The van der Waals surface area contributed by atoms with Gasteiger partial charge in [-0.2, -0.15) is 0 Å². The van der Waals surface area contributed by atoms with Crippen LogP contribution in [0.15, 0.2) is 0 Å². The van der Waals surface area contributed by atoms with Crippen molar-refractivity contribution in [3.05, 3.63) is 0 Å². The second-order valence-electron chi connectivity index (χ2n) is 4.74. The Bertz CT molecular complexity index is 223. The van der Waals surface area contributed by atoms with Crippen LogP contribution >= 0.6 is 0 Å². The zero-order valence-corrected chi connectivity index (χ0v) is 9.84. The van der Waals surface area contributed by atoms with Crippen LogP contribution in [-0.4, -0.2) is 38.3 Å². The number of rotatable bonds is 5. The first-order chi connectivity index (χ1) is 7.86. The van der Waals surface area contributed by atoms with Crippen molar-refractivity contribution in [1.29, 1.82) is 0 Å². The lowest BCUT2D eigenvalue weighted by Gasteiger charge is -2.25. The number of ether oxygens (including phenoxy) is 1. The van der Waals surface area contributed by atoms with Gasteiger partial charge in [0.25, 0.3) is 0 Å². The van der Waals surface area contributed by atoms with Gasteiger partial charge in [-0.3, -0.25) is 4.79 Å². The molecule has 1 aliphatic heterocycles. The topological polar surface area (TPSA) is 50.4 Å². The van der Waals surface area contributed by atoms with E-state index in [-0.39, 0.29) is 5.91 Å². The van der Waals surface area contributed by atoms with Crippen LogP contribution in [0.5, 0.6) is 0 Å². The number of nitrogens with one attached hydrogen (secondary N) is 2. The Balaban J connectivity index is 1.49. The predicted molar refractivity (Wildman–Crippen MR) is 62.2 cm³/mol. The molecule has 0 spiro atoms. The van der Waals surface area contributed by atoms with Crippen molar-refractivity contribution in [1.82, 2.24) is 10.6 Å². The molecule has 92 valence electrons. The summed E-state index contributed by atoms with van der Waals surface area (Å²) in [5.41, 5.74) is 0. The molecule has 1 amide bonds. The zero-order chi connectivity index (χ0) is 11.2. The lowest BCUT2D eigenvalue weighted by molar-refractivity contribution is -0.127. The van der Waals surface area contributed by atoms with Crippen LogP contribution in [0.2, 0.25) is 0 Å². The lowest BCUT2D eigenvalue weighted by Crippen LogP contribution is -2.38. The van der Waals surface area contributed by atoms with Crippen LogP contribution < -0.4 is 10.6 Å². The third kappa shape index (κ3) is 3.46. The molecule has 0 aromatic rings. The van der Waals surface area contributed by atoms with Gasteiger partial charge in [-0.05, 0) is 38.8 Å². The Morgan fingerprint density at radius 2 is 2.00 bits per heavy atom. The zero-order valence-electron chi connectivity index (χ0n) is 9.84. The van der Waals surface area contributed by atoms with E-state index in [1.807, 2.05) is 0 Å². The maximum Gasteiger partial charge on any atom is 0.223 e. The number of hydrogen-bond acceptors (Lipinski definition) is 3. The van der Waals surface area contributed by atoms with Crippen LogP contribution in [0.1, 0.15) is 32.1 Å². The van der Waals surface area contributed by atoms with Gasteiger partial charge in [0.15, 0.2) is 0 Å². The highest BCUT2D eigenvalue weighted by atomic mass is 16.5. The van der Waals surface area contributed by atoms with Crippen molar-refractivity contribution in [2.75, 3.05) is 26.2 Å². The standard InChI is InChI=1S/C12H22N2O2/c15-12(10-2-1-3-10)14-8-9-16-11-4-6-13-7-5-11/h10-11,13H,1-9H2,(H,14,15). The summed E-state index contributed by atoms with van der Waals surface area (Å²) in [6.07, 6.45) is 5.93. The summed E-state index contributed by atoms with van der Waals surface area (Å²) in [5, 5.41) is 6.25. The number of carbonyl (C=O) groups is 1. The molecule has 0 aromatic carbocycles. The first-order valence-corrected chi connectivity index (χ1v) is 6.46. The van der Waals surface area contributed by atoms with Gasteiger partial charge < -0.3 is 15.4 Å². The predicted octanol–water partition coefficient (Wildman–Crippen LogP) is 0.671. The van der Waals surface area contributed by atoms with Gasteiger partial charge in [-0.15, -0.1) is 0 Å². The van der Waals surface area contributed by atoms with E-state index in [1.165, 1.54) is 6.42 Å². The number of amides is 1. The molecule has 0 radical (unpaired) electrons. The van der Waals surface area contributed by atoms with Crippen molar-refractivity contribution in [2.24, 2.45) is 5.92 Å². The summed E-state index contributed by atoms with van der Waals surface area (Å²) in [6, 6.07) is 0. The minimum absolute atomic E-state index is 0.222. The molecule has 1 saturated carbocycles. The molecule has 0 bridgehead atoms. The summed E-state index contributed by atoms with van der Waals surface area (Å²) in [7, 11) is 0. The summed E-state index contributed by atoms with van der Waals surface area (Å²) in [5.74, 6) is 0.513. The van der Waals surface area contributed by atoms with Crippen molar-refractivity contribution in [3.63, 3.8) is 0 Å². The third-order valence-corrected chi connectivity index (χ3v) is 3.52. The molecule has 0 atom stereocenters. The molecule has 1 aliphatic carbocycles. The molecule has 2 N–H and O–H groups in total. The van der Waals surface area contributed by atoms with Crippen LogP contribution in [0, 0.1) is 5.92 Å². The van der Waals surface area contributed by atoms with Crippen LogP contribution in [0.25, 0.3) is 0 Å². The van der Waals surface area contributed by atoms with Gasteiger partial charge in [-0.1, -0.05) is 6.42 Å². The first-order valence-electron chi connectivity index (χ1n) is 6.46. The Kier molecular flexibility index (Phi) is 4.60. The monoisotopic (exact) mass is 226 g/mol. The Hall–Kier alpha value is -0.610. The molecule has 0 aromatic heterocycles. The molecular weight excluding hydrogens is 204 g/mol. The maximum atomic E-state index is 11.5. The number of hydrogen-bond donors (Lipinski definition) is 2. The van der Waals surface area contributed by atoms with E-state index in [0.717, 1.165) is 38.8 Å². The van der Waals surface area contributed by atoms with Gasteiger partial charge in [0, 0.05) is 12.5 Å². The highest BCUT2D eigenvalue weighted by molar-refractivity contribution is 5.79. The van der Waals surface area contributed by atoms with Gasteiger partial charge >= 0.3 is 0 Å². The SMILES string of the molecule is O=C(NCCOC1CCNCC1)C1CCC1. The molecule has 4 heteroatoms. The van der Waals surface area contributed by atoms with E-state index >= 15 is 0 Å². The second kappa shape index (κ2) is 6.21. The highest BCUT2D eigenvalue weighted by Gasteiger charge is 2.24. The van der Waals surface area contributed by atoms with E-state index in [9.17, 15) is 4.79 Å². The molecule has 4 nitrogen and oxygen atoms in total. The molecule has 1 heterocycles. The largest absolute Gasteiger partial charge is 0.376 e. The summed E-state index contributed by atoms with van der Waals surface area (Å²) in [6.45, 7) is 3.43. The third-order valence-electron chi connectivity index (χ3n) is 3.52. The molecule has 16 heavy (non-hydrogen) atoms. The van der Waals surface area contributed by atoms with Gasteiger partial charge in [0.2, 0.25) is 5.91 Å². The molecule has 2 fully saturated rings. The second-order valence-corrected chi connectivity index (χ2v) is 4.74. The molecule has 1 saturated heterocycles. The fourth-order valence-electron chi connectivity index (χ4n) is 2.18. The van der Waals surface area contributed by atoms with E-state index in [0.29, 0.717) is 25.2 Å². The quantitative estimate of drug-likeness (QED) is 0.678. The van der Waals surface area contributed by atoms with E-state index in [2.05, 4.69) is 10.6 Å². The van der Waals surface area contributed by atoms with Crippen LogP contribution in [0.4, 0.5) is 0 Å². The molecule has 2 aliphatic rings. The molecule has 2 rings (SSSR count). The fraction of sp³-hybridized carbons (Fsp3) is 0.917. The fourth-order valence-corrected chi connectivity index (χ4v) is 2.18. The summed E-state index contributed by atoms with van der Waals surface area (Å²) < 4.78 is 5.71. The normalized spacial score (nSPS) is 22.8. The maximum absolute atomic E-state index is 11.5. The Morgan fingerprint density at radius 1 is 1.25 bits per heavy atom. The first kappa shape index (κ1) is 11.9. The van der Waals surface area contributed by atoms with Crippen LogP contribution in [0.3, 0.4) is 0 Å². The van der Waals surface area contributed by atoms with Gasteiger partial charge in [0.05, 0.1) is 12.7 Å². The van der Waals surface area contributed by atoms with Gasteiger partial charge in [-0.25, -0.2) is 0 Å². The van der Waals surface area contributed by atoms with E-state index < -0.39 is 0 Å². The number of carbonyl (C=O) groups excluding carboxylic acids is 1. The van der Waals surface area contributed by atoms with Crippen molar-refractivity contribution < 1.29 is 9.53 Å². The average Bonchev–Trinajstić information content (AvgIpc) is 2.23. The Morgan fingerprint density at radius 3 is 2.62 bits per heavy atom.